The summed E-state index contributed by atoms with van der Waals surface area (Å²) < 4.78 is 6.49. The van der Waals surface area contributed by atoms with Gasteiger partial charge in [0.25, 0.3) is 0 Å². The molecule has 0 fully saturated rings. The van der Waals surface area contributed by atoms with E-state index >= 15 is 0 Å². The molecule has 0 amide bonds. The molecule has 21 heavy (non-hydrogen) atoms. The molecule has 0 spiro atoms. The highest BCUT2D eigenvalue weighted by atomic mass is 79.9. The van der Waals surface area contributed by atoms with Gasteiger partial charge in [0.15, 0.2) is 0 Å². The van der Waals surface area contributed by atoms with E-state index in [9.17, 15) is 0 Å². The number of rotatable bonds is 6. The molecule has 112 valence electrons. The Balaban J connectivity index is 2.02. The van der Waals surface area contributed by atoms with E-state index in [-0.39, 0.29) is 6.04 Å². The molecule has 2 aromatic carbocycles. The van der Waals surface area contributed by atoms with Crippen molar-refractivity contribution < 1.29 is 4.74 Å². The number of halogens is 2. The summed E-state index contributed by atoms with van der Waals surface area (Å²) >= 11 is 9.44. The summed E-state index contributed by atoms with van der Waals surface area (Å²) in [6, 6.07) is 14.3. The maximum atomic E-state index is 6.00. The minimum Gasteiger partial charge on any atom is -0.494 e. The Bertz CT molecular complexity index is 586. The zero-order chi connectivity index (χ0) is 15.2. The van der Waals surface area contributed by atoms with Crippen molar-refractivity contribution in [2.45, 2.75) is 26.3 Å². The fourth-order valence-electron chi connectivity index (χ4n) is 1.99. The fraction of sp³-hybridized carbons (Fsp3) is 0.294. The van der Waals surface area contributed by atoms with Crippen molar-refractivity contribution in [2.24, 2.45) is 0 Å². The number of hydrogen-bond donors (Lipinski definition) is 1. The second-order valence-electron chi connectivity index (χ2n) is 4.91. The molecule has 2 rings (SSSR count). The van der Waals surface area contributed by atoms with E-state index in [1.165, 1.54) is 5.56 Å². The van der Waals surface area contributed by atoms with Crippen LogP contribution in [-0.4, -0.2) is 6.61 Å². The summed E-state index contributed by atoms with van der Waals surface area (Å²) in [6.07, 6.45) is 1.02. The lowest BCUT2D eigenvalue weighted by molar-refractivity contribution is 0.317. The van der Waals surface area contributed by atoms with Crippen LogP contribution < -0.4 is 10.1 Å². The Morgan fingerprint density at radius 2 is 1.90 bits per heavy atom. The van der Waals surface area contributed by atoms with Gasteiger partial charge in [-0.05, 0) is 65.2 Å². The van der Waals surface area contributed by atoms with Gasteiger partial charge in [-0.25, -0.2) is 0 Å². The summed E-state index contributed by atoms with van der Waals surface area (Å²) in [4.78, 5) is 0. The van der Waals surface area contributed by atoms with Crippen LogP contribution in [0.25, 0.3) is 0 Å². The zero-order valence-corrected chi connectivity index (χ0v) is 14.5. The van der Waals surface area contributed by atoms with Crippen LogP contribution in [0, 0.1) is 0 Å². The minimum atomic E-state index is 0.207. The molecular formula is C17H19BrClNO. The predicted molar refractivity (Wildman–Crippen MR) is 93.4 cm³/mol. The lowest BCUT2D eigenvalue weighted by Gasteiger charge is -2.16. The van der Waals surface area contributed by atoms with Crippen molar-refractivity contribution in [3.63, 3.8) is 0 Å². The van der Waals surface area contributed by atoms with Crippen LogP contribution >= 0.6 is 27.5 Å². The van der Waals surface area contributed by atoms with Crippen molar-refractivity contribution in [3.05, 3.63) is 57.5 Å². The van der Waals surface area contributed by atoms with Gasteiger partial charge in [-0.1, -0.05) is 30.7 Å². The second kappa shape index (κ2) is 7.71. The molecule has 4 heteroatoms. The lowest BCUT2D eigenvalue weighted by atomic mass is 10.1. The summed E-state index contributed by atoms with van der Waals surface area (Å²) in [5.41, 5.74) is 2.25. The van der Waals surface area contributed by atoms with Gasteiger partial charge in [-0.15, -0.1) is 0 Å². The van der Waals surface area contributed by atoms with Crippen LogP contribution in [0.15, 0.2) is 46.9 Å². The van der Waals surface area contributed by atoms with Crippen molar-refractivity contribution in [1.82, 2.24) is 0 Å². The van der Waals surface area contributed by atoms with Crippen molar-refractivity contribution in [1.29, 1.82) is 0 Å². The fourth-order valence-corrected chi connectivity index (χ4v) is 2.49. The molecule has 0 radical (unpaired) electrons. The third kappa shape index (κ3) is 4.65. The van der Waals surface area contributed by atoms with Crippen LogP contribution in [0.4, 0.5) is 5.69 Å². The number of hydrogen-bond acceptors (Lipinski definition) is 2. The van der Waals surface area contributed by atoms with E-state index < -0.39 is 0 Å². The number of nitrogens with one attached hydrogen (secondary N) is 1. The topological polar surface area (TPSA) is 21.3 Å². The summed E-state index contributed by atoms with van der Waals surface area (Å²) in [7, 11) is 0. The van der Waals surface area contributed by atoms with Gasteiger partial charge in [0, 0.05) is 16.2 Å². The zero-order valence-electron chi connectivity index (χ0n) is 12.2. The van der Waals surface area contributed by atoms with Crippen molar-refractivity contribution in [2.75, 3.05) is 11.9 Å². The minimum absolute atomic E-state index is 0.207. The standard InChI is InChI=1S/C17H19BrClNO/c1-3-10-21-15-7-4-13(5-8-15)12(2)20-14-6-9-17(19)16(18)11-14/h4-9,11-12,20H,3,10H2,1-2H3. The lowest BCUT2D eigenvalue weighted by Crippen LogP contribution is -2.06. The van der Waals surface area contributed by atoms with Crippen molar-refractivity contribution >= 4 is 33.2 Å². The quantitative estimate of drug-likeness (QED) is 0.668. The third-order valence-electron chi connectivity index (χ3n) is 3.16. The molecule has 0 saturated heterocycles. The highest BCUT2D eigenvalue weighted by Crippen LogP contribution is 2.28. The SMILES string of the molecule is CCCOc1ccc(C(C)Nc2ccc(Cl)c(Br)c2)cc1. The summed E-state index contributed by atoms with van der Waals surface area (Å²) in [6.45, 7) is 4.99. The maximum Gasteiger partial charge on any atom is 0.119 e. The molecule has 1 unspecified atom stereocenters. The van der Waals surface area contributed by atoms with Gasteiger partial charge in [0.05, 0.1) is 11.6 Å². The Morgan fingerprint density at radius 1 is 1.19 bits per heavy atom. The molecule has 0 bridgehead atoms. The molecule has 2 nitrogen and oxygen atoms in total. The van der Waals surface area contributed by atoms with E-state index in [1.54, 1.807) is 0 Å². The highest BCUT2D eigenvalue weighted by Gasteiger charge is 2.07. The van der Waals surface area contributed by atoms with Crippen LogP contribution in [0.3, 0.4) is 0 Å². The molecule has 1 atom stereocenters. The average molecular weight is 369 g/mol. The first-order chi connectivity index (χ1) is 10.1. The second-order valence-corrected chi connectivity index (χ2v) is 6.17. The molecule has 0 aromatic heterocycles. The first kappa shape index (κ1) is 16.2. The van der Waals surface area contributed by atoms with Gasteiger partial charge >= 0.3 is 0 Å². The highest BCUT2D eigenvalue weighted by molar-refractivity contribution is 9.10. The normalized spacial score (nSPS) is 12.0. The van der Waals surface area contributed by atoms with Gasteiger partial charge in [0.2, 0.25) is 0 Å². The molecule has 0 saturated carbocycles. The number of anilines is 1. The molecule has 0 aliphatic heterocycles. The maximum absolute atomic E-state index is 6.00. The van der Waals surface area contributed by atoms with E-state index in [4.69, 9.17) is 16.3 Å². The van der Waals surface area contributed by atoms with Gasteiger partial charge in [0.1, 0.15) is 5.75 Å². The van der Waals surface area contributed by atoms with E-state index in [2.05, 4.69) is 47.2 Å². The summed E-state index contributed by atoms with van der Waals surface area (Å²) in [5.74, 6) is 0.919. The molecule has 0 aliphatic carbocycles. The van der Waals surface area contributed by atoms with Crippen molar-refractivity contribution in [3.8, 4) is 5.75 Å². The monoisotopic (exact) mass is 367 g/mol. The first-order valence-corrected chi connectivity index (χ1v) is 8.21. The third-order valence-corrected chi connectivity index (χ3v) is 4.37. The Kier molecular flexibility index (Phi) is 5.95. The van der Waals surface area contributed by atoms with Crippen LogP contribution in [0.5, 0.6) is 5.75 Å². The van der Waals surface area contributed by atoms with Gasteiger partial charge in [-0.3, -0.25) is 0 Å². The number of benzene rings is 2. The van der Waals surface area contributed by atoms with E-state index in [0.717, 1.165) is 28.9 Å². The first-order valence-electron chi connectivity index (χ1n) is 7.04. The largest absolute Gasteiger partial charge is 0.494 e. The smallest absolute Gasteiger partial charge is 0.119 e. The average Bonchev–Trinajstić information content (AvgIpc) is 2.49. The molecule has 2 aromatic rings. The Morgan fingerprint density at radius 3 is 2.52 bits per heavy atom. The molecular weight excluding hydrogens is 350 g/mol. The Hall–Kier alpha value is -1.19. The van der Waals surface area contributed by atoms with E-state index in [0.29, 0.717) is 5.02 Å². The van der Waals surface area contributed by atoms with E-state index in [1.807, 2.05) is 30.3 Å². The predicted octanol–water partition coefficient (Wildman–Crippen LogP) is 6.06. The van der Waals surface area contributed by atoms with Crippen LogP contribution in [-0.2, 0) is 0 Å². The number of ether oxygens (including phenoxy) is 1. The summed E-state index contributed by atoms with van der Waals surface area (Å²) in [5, 5.41) is 4.17. The van der Waals surface area contributed by atoms with Gasteiger partial charge < -0.3 is 10.1 Å². The van der Waals surface area contributed by atoms with Gasteiger partial charge in [-0.2, -0.15) is 0 Å². The van der Waals surface area contributed by atoms with Crippen LogP contribution in [0.2, 0.25) is 5.02 Å². The Labute approximate surface area is 139 Å². The molecule has 0 aliphatic rings. The van der Waals surface area contributed by atoms with Crippen LogP contribution in [0.1, 0.15) is 31.9 Å². The molecule has 0 heterocycles. The molecule has 1 N–H and O–H groups in total.